The summed E-state index contributed by atoms with van der Waals surface area (Å²) in [6.07, 6.45) is 6.04. The Morgan fingerprint density at radius 2 is 1.81 bits per heavy atom. The first-order valence-corrected chi connectivity index (χ1v) is 10.4. The molecule has 1 aliphatic carbocycles. The predicted octanol–water partition coefficient (Wildman–Crippen LogP) is 3.95. The van der Waals surface area contributed by atoms with Gasteiger partial charge < -0.3 is 14.8 Å². The summed E-state index contributed by atoms with van der Waals surface area (Å²) in [5.41, 5.74) is 0. The molecule has 144 valence electrons. The molecule has 1 aromatic carbocycles. The molecule has 1 amide bonds. The average Bonchev–Trinajstić information content (AvgIpc) is 2.90. The molecule has 2 rings (SSSR count). The lowest BCUT2D eigenvalue weighted by Gasteiger charge is -2.19. The van der Waals surface area contributed by atoms with Gasteiger partial charge in [-0.05, 0) is 51.0 Å². The molecule has 0 saturated heterocycles. The maximum absolute atomic E-state index is 12.2. The first-order valence-electron chi connectivity index (χ1n) is 9.44. The predicted molar refractivity (Wildman–Crippen MR) is 104 cm³/mol. The van der Waals surface area contributed by atoms with Crippen LogP contribution in [0.2, 0.25) is 0 Å². The first-order chi connectivity index (χ1) is 12.6. The van der Waals surface area contributed by atoms with Crippen LogP contribution >= 0.6 is 11.8 Å². The fourth-order valence-electron chi connectivity index (χ4n) is 2.97. The molecule has 1 saturated carbocycles. The van der Waals surface area contributed by atoms with Gasteiger partial charge in [0.15, 0.2) is 6.10 Å². The fourth-order valence-corrected chi connectivity index (χ4v) is 3.65. The molecule has 0 radical (unpaired) electrons. The van der Waals surface area contributed by atoms with E-state index in [9.17, 15) is 9.59 Å². The number of thioether (sulfide) groups is 1. The van der Waals surface area contributed by atoms with E-state index in [1.807, 2.05) is 31.2 Å². The van der Waals surface area contributed by atoms with Crippen LogP contribution < -0.4 is 10.1 Å². The van der Waals surface area contributed by atoms with Gasteiger partial charge >= 0.3 is 5.97 Å². The van der Waals surface area contributed by atoms with E-state index in [0.29, 0.717) is 6.61 Å². The van der Waals surface area contributed by atoms with Crippen LogP contribution in [0.4, 0.5) is 0 Å². The van der Waals surface area contributed by atoms with Gasteiger partial charge in [-0.25, -0.2) is 0 Å². The number of ether oxygens (including phenoxy) is 2. The molecule has 1 N–H and O–H groups in total. The second-order valence-corrected chi connectivity index (χ2v) is 7.57. The van der Waals surface area contributed by atoms with Crippen molar-refractivity contribution in [3.05, 3.63) is 24.3 Å². The van der Waals surface area contributed by atoms with Crippen LogP contribution in [0, 0.1) is 0 Å². The van der Waals surface area contributed by atoms with Crippen LogP contribution in [0.25, 0.3) is 0 Å². The minimum Gasteiger partial charge on any atom is -0.494 e. The van der Waals surface area contributed by atoms with E-state index < -0.39 is 6.10 Å². The number of carbonyl (C=O) groups excluding carboxylic acids is 2. The smallest absolute Gasteiger partial charge is 0.317 e. The van der Waals surface area contributed by atoms with Crippen molar-refractivity contribution in [3.63, 3.8) is 0 Å². The van der Waals surface area contributed by atoms with Gasteiger partial charge in [0.25, 0.3) is 5.91 Å². The zero-order valence-corrected chi connectivity index (χ0v) is 16.5. The highest BCUT2D eigenvalue weighted by molar-refractivity contribution is 8.00. The SMILES string of the molecule is CCOc1ccc(SCC(=O)O[C@H](C)C(=O)NC2CCCCCC2)cc1. The van der Waals surface area contributed by atoms with Gasteiger partial charge in [0, 0.05) is 10.9 Å². The van der Waals surface area contributed by atoms with Gasteiger partial charge in [-0.2, -0.15) is 0 Å². The van der Waals surface area contributed by atoms with E-state index >= 15 is 0 Å². The number of hydrogen-bond donors (Lipinski definition) is 1. The molecule has 1 aliphatic rings. The molecule has 1 aromatic rings. The topological polar surface area (TPSA) is 64.6 Å². The summed E-state index contributed by atoms with van der Waals surface area (Å²) in [5, 5.41) is 3.02. The number of nitrogens with one attached hydrogen (secondary N) is 1. The number of rotatable bonds is 8. The van der Waals surface area contributed by atoms with Crippen LogP contribution in [-0.4, -0.2) is 36.4 Å². The van der Waals surface area contributed by atoms with Gasteiger partial charge in [-0.15, -0.1) is 11.8 Å². The maximum atomic E-state index is 12.2. The molecule has 0 aromatic heterocycles. The van der Waals surface area contributed by atoms with Crippen LogP contribution in [0.15, 0.2) is 29.2 Å². The van der Waals surface area contributed by atoms with Crippen LogP contribution in [0.3, 0.4) is 0 Å². The van der Waals surface area contributed by atoms with Crippen LogP contribution in [0.5, 0.6) is 5.75 Å². The lowest BCUT2D eigenvalue weighted by molar-refractivity contribution is -0.152. The van der Waals surface area contributed by atoms with Crippen molar-refractivity contribution in [3.8, 4) is 5.75 Å². The molecule has 0 aliphatic heterocycles. The molecule has 0 heterocycles. The second kappa shape index (κ2) is 11.1. The summed E-state index contributed by atoms with van der Waals surface area (Å²) in [4.78, 5) is 25.2. The number of benzene rings is 1. The Balaban J connectivity index is 1.71. The average molecular weight is 380 g/mol. The largest absolute Gasteiger partial charge is 0.494 e. The monoisotopic (exact) mass is 379 g/mol. The molecule has 0 spiro atoms. The third kappa shape index (κ3) is 7.28. The lowest BCUT2D eigenvalue weighted by Crippen LogP contribution is -2.42. The Hall–Kier alpha value is -1.69. The van der Waals surface area contributed by atoms with Gasteiger partial charge in [0.1, 0.15) is 5.75 Å². The number of carbonyl (C=O) groups is 2. The molecule has 6 heteroatoms. The number of hydrogen-bond acceptors (Lipinski definition) is 5. The third-order valence-corrected chi connectivity index (χ3v) is 5.36. The summed E-state index contributed by atoms with van der Waals surface area (Å²) in [6, 6.07) is 7.78. The molecule has 0 bridgehead atoms. The molecule has 1 atom stereocenters. The third-order valence-electron chi connectivity index (χ3n) is 4.37. The van der Waals surface area contributed by atoms with Gasteiger partial charge in [0.05, 0.1) is 12.4 Å². The highest BCUT2D eigenvalue weighted by atomic mass is 32.2. The zero-order chi connectivity index (χ0) is 18.8. The summed E-state index contributed by atoms with van der Waals surface area (Å²) in [5.74, 6) is 0.404. The van der Waals surface area contributed by atoms with E-state index in [1.54, 1.807) is 6.92 Å². The zero-order valence-electron chi connectivity index (χ0n) is 15.7. The van der Waals surface area contributed by atoms with Crippen molar-refractivity contribution in [1.29, 1.82) is 0 Å². The standard InChI is InChI=1S/C20H29NO4S/c1-3-24-17-10-12-18(13-11-17)26-14-19(22)25-15(2)20(23)21-16-8-6-4-5-7-9-16/h10-13,15-16H,3-9,14H2,1-2H3,(H,21,23)/t15-/m1/s1. The number of amides is 1. The van der Waals surface area contributed by atoms with E-state index in [2.05, 4.69) is 5.32 Å². The van der Waals surface area contributed by atoms with Crippen molar-refractivity contribution < 1.29 is 19.1 Å². The van der Waals surface area contributed by atoms with Crippen molar-refractivity contribution >= 4 is 23.6 Å². The Morgan fingerprint density at radius 1 is 1.15 bits per heavy atom. The van der Waals surface area contributed by atoms with Gasteiger partial charge in [0.2, 0.25) is 0 Å². The van der Waals surface area contributed by atoms with Crippen molar-refractivity contribution in [2.24, 2.45) is 0 Å². The van der Waals surface area contributed by atoms with Crippen LogP contribution in [0.1, 0.15) is 52.4 Å². The Bertz CT molecular complexity index is 568. The highest BCUT2D eigenvalue weighted by Gasteiger charge is 2.21. The highest BCUT2D eigenvalue weighted by Crippen LogP contribution is 2.22. The Morgan fingerprint density at radius 3 is 2.42 bits per heavy atom. The quantitative estimate of drug-likeness (QED) is 0.421. The normalized spacial score (nSPS) is 16.4. The fraction of sp³-hybridized carbons (Fsp3) is 0.600. The van der Waals surface area contributed by atoms with Crippen molar-refractivity contribution in [2.45, 2.75) is 69.4 Å². The van der Waals surface area contributed by atoms with Gasteiger partial charge in [-0.1, -0.05) is 25.7 Å². The Labute approximate surface area is 160 Å². The van der Waals surface area contributed by atoms with E-state index in [4.69, 9.17) is 9.47 Å². The second-order valence-electron chi connectivity index (χ2n) is 6.52. The summed E-state index contributed by atoms with van der Waals surface area (Å²) >= 11 is 1.39. The Kier molecular flexibility index (Phi) is 8.81. The minimum atomic E-state index is -0.758. The lowest BCUT2D eigenvalue weighted by atomic mass is 10.1. The van der Waals surface area contributed by atoms with E-state index in [0.717, 1.165) is 36.3 Å². The van der Waals surface area contributed by atoms with Crippen molar-refractivity contribution in [1.82, 2.24) is 5.32 Å². The molecule has 0 unspecified atom stereocenters. The number of esters is 1. The summed E-state index contributed by atoms with van der Waals surface area (Å²) < 4.78 is 10.7. The summed E-state index contributed by atoms with van der Waals surface area (Å²) in [6.45, 7) is 4.19. The van der Waals surface area contributed by atoms with Crippen molar-refractivity contribution in [2.75, 3.05) is 12.4 Å². The van der Waals surface area contributed by atoms with Crippen LogP contribution in [-0.2, 0) is 14.3 Å². The molecule has 5 nitrogen and oxygen atoms in total. The summed E-state index contributed by atoms with van der Waals surface area (Å²) in [7, 11) is 0. The minimum absolute atomic E-state index is 0.176. The molecular weight excluding hydrogens is 350 g/mol. The molecule has 1 fully saturated rings. The van der Waals surface area contributed by atoms with E-state index in [-0.39, 0.29) is 23.7 Å². The van der Waals surface area contributed by atoms with Gasteiger partial charge in [-0.3, -0.25) is 9.59 Å². The molecular formula is C20H29NO4S. The molecule has 26 heavy (non-hydrogen) atoms. The first kappa shape index (κ1) is 20.6. The maximum Gasteiger partial charge on any atom is 0.317 e. The van der Waals surface area contributed by atoms with E-state index in [1.165, 1.54) is 24.6 Å².